The molecule has 1 nitrogen and oxygen atoms in total. The van der Waals surface area contributed by atoms with Gasteiger partial charge in [-0.05, 0) is 18.6 Å². The van der Waals surface area contributed by atoms with Crippen LogP contribution in [0.15, 0.2) is 29.8 Å². The van der Waals surface area contributed by atoms with Crippen LogP contribution in [-0.2, 0) is 0 Å². The molecule has 0 aliphatic carbocycles. The normalized spacial score (nSPS) is 10.3. The summed E-state index contributed by atoms with van der Waals surface area (Å²) in [5, 5.41) is 3.70. The van der Waals surface area contributed by atoms with Crippen molar-refractivity contribution in [2.45, 2.75) is 6.92 Å². The fourth-order valence-electron chi connectivity index (χ4n) is 1.15. The standard InChI is InChI=1S/C10H8ClNS/c1-7-2-3-8(9(11)6-7)10-12-4-5-13-10/h2-6H,1H3. The number of nitrogens with zero attached hydrogens (tertiary/aromatic N) is 1. The fourth-order valence-corrected chi connectivity index (χ4v) is 2.21. The monoisotopic (exact) mass is 209 g/mol. The number of hydrogen-bond acceptors (Lipinski definition) is 2. The lowest BCUT2D eigenvalue weighted by Crippen LogP contribution is -1.79. The molecule has 0 saturated carbocycles. The Morgan fingerprint density at radius 3 is 2.85 bits per heavy atom. The summed E-state index contributed by atoms with van der Waals surface area (Å²) < 4.78 is 0. The maximum Gasteiger partial charge on any atom is 0.124 e. The summed E-state index contributed by atoms with van der Waals surface area (Å²) in [6.07, 6.45) is 1.79. The second-order valence-corrected chi connectivity index (χ2v) is 4.12. The first-order chi connectivity index (χ1) is 6.27. The molecular formula is C10H8ClNS. The van der Waals surface area contributed by atoms with Gasteiger partial charge in [0.25, 0.3) is 0 Å². The Bertz CT molecular complexity index is 409. The van der Waals surface area contributed by atoms with E-state index in [4.69, 9.17) is 11.6 Å². The first-order valence-corrected chi connectivity index (χ1v) is 5.19. The summed E-state index contributed by atoms with van der Waals surface area (Å²) in [6, 6.07) is 6.01. The summed E-state index contributed by atoms with van der Waals surface area (Å²) >= 11 is 7.69. The van der Waals surface area contributed by atoms with Crippen LogP contribution in [0, 0.1) is 6.92 Å². The summed E-state index contributed by atoms with van der Waals surface area (Å²) in [5.41, 5.74) is 2.19. The molecule has 0 fully saturated rings. The number of rotatable bonds is 1. The van der Waals surface area contributed by atoms with Gasteiger partial charge >= 0.3 is 0 Å². The summed E-state index contributed by atoms with van der Waals surface area (Å²) in [4.78, 5) is 4.21. The molecule has 0 bridgehead atoms. The fraction of sp³-hybridized carbons (Fsp3) is 0.100. The minimum absolute atomic E-state index is 0.773. The van der Waals surface area contributed by atoms with E-state index < -0.39 is 0 Å². The molecule has 0 radical (unpaired) electrons. The smallest absolute Gasteiger partial charge is 0.124 e. The number of thiazole rings is 1. The van der Waals surface area contributed by atoms with Gasteiger partial charge < -0.3 is 0 Å². The molecule has 0 unspecified atom stereocenters. The molecule has 0 amide bonds. The Morgan fingerprint density at radius 1 is 1.38 bits per heavy atom. The molecule has 0 saturated heterocycles. The highest BCUT2D eigenvalue weighted by molar-refractivity contribution is 7.13. The highest BCUT2D eigenvalue weighted by atomic mass is 35.5. The van der Waals surface area contributed by atoms with E-state index in [9.17, 15) is 0 Å². The molecule has 1 aromatic heterocycles. The van der Waals surface area contributed by atoms with E-state index >= 15 is 0 Å². The van der Waals surface area contributed by atoms with E-state index in [1.807, 2.05) is 30.5 Å². The summed E-state index contributed by atoms with van der Waals surface area (Å²) in [7, 11) is 0. The van der Waals surface area contributed by atoms with Crippen molar-refractivity contribution in [1.82, 2.24) is 4.98 Å². The first kappa shape index (κ1) is 8.73. The molecule has 1 aromatic carbocycles. The Hall–Kier alpha value is -0.860. The van der Waals surface area contributed by atoms with E-state index in [0.29, 0.717) is 0 Å². The molecule has 0 spiro atoms. The number of aromatic nitrogens is 1. The maximum atomic E-state index is 6.09. The Morgan fingerprint density at radius 2 is 2.23 bits per heavy atom. The number of aryl methyl sites for hydroxylation is 1. The zero-order valence-corrected chi connectivity index (χ0v) is 8.69. The average molecular weight is 210 g/mol. The van der Waals surface area contributed by atoms with Gasteiger partial charge in [0.2, 0.25) is 0 Å². The quantitative estimate of drug-likeness (QED) is 0.697. The molecule has 0 aliphatic heterocycles. The van der Waals surface area contributed by atoms with Crippen LogP contribution in [0.3, 0.4) is 0 Å². The predicted molar refractivity (Wildman–Crippen MR) is 57.3 cm³/mol. The molecule has 13 heavy (non-hydrogen) atoms. The van der Waals surface area contributed by atoms with Gasteiger partial charge in [-0.15, -0.1) is 11.3 Å². The number of benzene rings is 1. The van der Waals surface area contributed by atoms with Gasteiger partial charge in [-0.1, -0.05) is 23.7 Å². The van der Waals surface area contributed by atoms with Crippen LogP contribution in [0.4, 0.5) is 0 Å². The van der Waals surface area contributed by atoms with E-state index in [0.717, 1.165) is 15.6 Å². The third-order valence-electron chi connectivity index (χ3n) is 1.79. The number of hydrogen-bond donors (Lipinski definition) is 0. The van der Waals surface area contributed by atoms with Crippen LogP contribution in [0.2, 0.25) is 5.02 Å². The lowest BCUT2D eigenvalue weighted by Gasteiger charge is -2.00. The van der Waals surface area contributed by atoms with Crippen molar-refractivity contribution >= 4 is 22.9 Å². The zero-order valence-electron chi connectivity index (χ0n) is 7.12. The van der Waals surface area contributed by atoms with E-state index in [1.54, 1.807) is 17.5 Å². The second-order valence-electron chi connectivity index (χ2n) is 2.82. The second kappa shape index (κ2) is 3.48. The first-order valence-electron chi connectivity index (χ1n) is 3.93. The van der Waals surface area contributed by atoms with Crippen molar-refractivity contribution in [1.29, 1.82) is 0 Å². The highest BCUT2D eigenvalue weighted by Crippen LogP contribution is 2.29. The Balaban J connectivity index is 2.53. The van der Waals surface area contributed by atoms with E-state index in [-0.39, 0.29) is 0 Å². The minimum atomic E-state index is 0.773. The van der Waals surface area contributed by atoms with Crippen molar-refractivity contribution in [3.8, 4) is 10.6 Å². The zero-order chi connectivity index (χ0) is 9.26. The number of halogens is 1. The molecular weight excluding hydrogens is 202 g/mol. The van der Waals surface area contributed by atoms with Crippen molar-refractivity contribution in [2.75, 3.05) is 0 Å². The van der Waals surface area contributed by atoms with Crippen LogP contribution in [0.1, 0.15) is 5.56 Å². The lowest BCUT2D eigenvalue weighted by molar-refractivity contribution is 1.40. The largest absolute Gasteiger partial charge is 0.244 e. The van der Waals surface area contributed by atoms with Gasteiger partial charge in [-0.25, -0.2) is 4.98 Å². The van der Waals surface area contributed by atoms with Crippen LogP contribution >= 0.6 is 22.9 Å². The van der Waals surface area contributed by atoms with Gasteiger partial charge in [0.1, 0.15) is 5.01 Å². The highest BCUT2D eigenvalue weighted by Gasteiger charge is 2.04. The van der Waals surface area contributed by atoms with Crippen molar-refractivity contribution in [3.05, 3.63) is 40.4 Å². The third-order valence-corrected chi connectivity index (χ3v) is 2.91. The molecule has 0 atom stereocenters. The molecule has 1 heterocycles. The Labute approximate surface area is 86.0 Å². The molecule has 3 heteroatoms. The molecule has 0 aliphatic rings. The summed E-state index contributed by atoms with van der Waals surface area (Å²) in [6.45, 7) is 2.03. The van der Waals surface area contributed by atoms with Gasteiger partial charge in [0, 0.05) is 17.1 Å². The minimum Gasteiger partial charge on any atom is -0.244 e. The van der Waals surface area contributed by atoms with Crippen LogP contribution in [0.5, 0.6) is 0 Å². The van der Waals surface area contributed by atoms with Crippen LogP contribution in [-0.4, -0.2) is 4.98 Å². The molecule has 2 aromatic rings. The van der Waals surface area contributed by atoms with Gasteiger partial charge in [0.15, 0.2) is 0 Å². The van der Waals surface area contributed by atoms with E-state index in [1.165, 1.54) is 5.56 Å². The van der Waals surface area contributed by atoms with Crippen molar-refractivity contribution in [3.63, 3.8) is 0 Å². The van der Waals surface area contributed by atoms with Gasteiger partial charge in [0.05, 0.1) is 5.02 Å². The molecule has 66 valence electrons. The topological polar surface area (TPSA) is 12.9 Å². The third kappa shape index (κ3) is 1.74. The Kier molecular flexibility index (Phi) is 2.34. The van der Waals surface area contributed by atoms with Gasteiger partial charge in [-0.3, -0.25) is 0 Å². The SMILES string of the molecule is Cc1ccc(-c2nccs2)c(Cl)c1. The average Bonchev–Trinajstić information content (AvgIpc) is 2.56. The van der Waals surface area contributed by atoms with E-state index in [2.05, 4.69) is 4.98 Å². The van der Waals surface area contributed by atoms with Crippen LogP contribution < -0.4 is 0 Å². The van der Waals surface area contributed by atoms with Gasteiger partial charge in [-0.2, -0.15) is 0 Å². The van der Waals surface area contributed by atoms with Crippen LogP contribution in [0.25, 0.3) is 10.6 Å². The maximum absolute atomic E-state index is 6.09. The molecule has 2 rings (SSSR count). The van der Waals surface area contributed by atoms with Crippen molar-refractivity contribution < 1.29 is 0 Å². The predicted octanol–water partition coefficient (Wildman–Crippen LogP) is 3.77. The summed E-state index contributed by atoms with van der Waals surface area (Å²) in [5.74, 6) is 0. The molecule has 0 N–H and O–H groups in total. The van der Waals surface area contributed by atoms with Crippen molar-refractivity contribution in [2.24, 2.45) is 0 Å². The lowest BCUT2D eigenvalue weighted by atomic mass is 10.1.